The molecule has 1 aliphatic rings. The predicted octanol–water partition coefficient (Wildman–Crippen LogP) is 2.68. The molecule has 1 unspecified atom stereocenters. The van der Waals surface area contributed by atoms with Crippen molar-refractivity contribution in [3.05, 3.63) is 35.6 Å². The number of nitrogens with one attached hydrogen (secondary N) is 1. The van der Waals surface area contributed by atoms with Gasteiger partial charge in [-0.15, -0.1) is 0 Å². The van der Waals surface area contributed by atoms with Crippen LogP contribution in [0.2, 0.25) is 0 Å². The molecule has 0 aliphatic heterocycles. The Morgan fingerprint density at radius 1 is 1.48 bits per heavy atom. The zero-order chi connectivity index (χ0) is 16.6. The molecule has 1 atom stereocenters. The maximum atomic E-state index is 12.6. The number of para-hydroxylation sites is 1. The molecule has 1 aromatic heterocycles. The van der Waals surface area contributed by atoms with Crippen LogP contribution in [-0.4, -0.2) is 24.7 Å². The van der Waals surface area contributed by atoms with E-state index in [1.807, 2.05) is 25.1 Å². The van der Waals surface area contributed by atoms with Crippen molar-refractivity contribution >= 4 is 16.9 Å². The van der Waals surface area contributed by atoms with E-state index >= 15 is 0 Å². The summed E-state index contributed by atoms with van der Waals surface area (Å²) in [6.45, 7) is 4.04. The number of carbonyl (C=O) groups excluding carboxylic acids is 1. The van der Waals surface area contributed by atoms with Crippen molar-refractivity contribution in [1.82, 2.24) is 5.32 Å². The van der Waals surface area contributed by atoms with Crippen LogP contribution in [0.5, 0.6) is 0 Å². The molecule has 3 N–H and O–H groups in total. The van der Waals surface area contributed by atoms with Crippen LogP contribution in [0.25, 0.3) is 11.0 Å². The van der Waals surface area contributed by atoms with Crippen LogP contribution in [0.3, 0.4) is 0 Å². The van der Waals surface area contributed by atoms with E-state index in [0.717, 1.165) is 28.7 Å². The minimum Gasteiger partial charge on any atom is -0.459 e. The molecule has 0 saturated heterocycles. The van der Waals surface area contributed by atoms with E-state index in [1.165, 1.54) is 0 Å². The highest BCUT2D eigenvalue weighted by Gasteiger charge is 2.49. The Bertz CT molecular complexity index is 716. The first-order chi connectivity index (χ1) is 11.0. The summed E-state index contributed by atoms with van der Waals surface area (Å²) in [5.41, 5.74) is 7.04. The molecule has 1 aliphatic carbocycles. The monoisotopic (exact) mass is 316 g/mol. The van der Waals surface area contributed by atoms with Gasteiger partial charge >= 0.3 is 0 Å². The van der Waals surface area contributed by atoms with Crippen LogP contribution in [0.15, 0.2) is 28.7 Å². The largest absolute Gasteiger partial charge is 0.459 e. The van der Waals surface area contributed by atoms with E-state index in [4.69, 9.17) is 14.9 Å². The number of carbonyl (C=O) groups is 1. The van der Waals surface area contributed by atoms with Gasteiger partial charge in [-0.2, -0.15) is 0 Å². The number of nitrogens with two attached hydrogens (primary N) is 1. The van der Waals surface area contributed by atoms with Crippen molar-refractivity contribution in [2.75, 3.05) is 7.11 Å². The third kappa shape index (κ3) is 2.64. The highest BCUT2D eigenvalue weighted by molar-refractivity contribution is 5.87. The first-order valence-electron chi connectivity index (χ1n) is 8.12. The van der Waals surface area contributed by atoms with Crippen molar-refractivity contribution in [3.63, 3.8) is 0 Å². The maximum Gasteiger partial charge on any atom is 0.252 e. The van der Waals surface area contributed by atoms with E-state index in [2.05, 4.69) is 18.3 Å². The Morgan fingerprint density at radius 3 is 2.78 bits per heavy atom. The van der Waals surface area contributed by atoms with Crippen molar-refractivity contribution in [2.45, 2.75) is 50.8 Å². The van der Waals surface area contributed by atoms with E-state index in [0.29, 0.717) is 12.8 Å². The summed E-state index contributed by atoms with van der Waals surface area (Å²) < 4.78 is 11.4. The molecule has 1 fully saturated rings. The standard InChI is InChI=1S/C18H24N2O3/c1-4-13-14-7-5-6-8-15(14)23-16(13)11(2)20-17(21)18(22-3)9-12(19)10-18/h5-8,11-12H,4,9-10,19H2,1-3H3,(H,20,21). The molecule has 1 aromatic carbocycles. The van der Waals surface area contributed by atoms with Gasteiger partial charge < -0.3 is 20.2 Å². The Hall–Kier alpha value is -1.85. The SMILES string of the molecule is CCc1c(C(C)NC(=O)C2(OC)CC(N)C2)oc2ccccc12. The van der Waals surface area contributed by atoms with Gasteiger partial charge in [0.1, 0.15) is 16.9 Å². The summed E-state index contributed by atoms with van der Waals surface area (Å²) in [7, 11) is 1.56. The molecule has 0 radical (unpaired) electrons. The number of fused-ring (bicyclic) bond motifs is 1. The van der Waals surface area contributed by atoms with Gasteiger partial charge in [-0.1, -0.05) is 25.1 Å². The minimum absolute atomic E-state index is 0.0356. The first-order valence-corrected chi connectivity index (χ1v) is 8.12. The lowest BCUT2D eigenvalue weighted by molar-refractivity contribution is -0.157. The number of rotatable bonds is 5. The summed E-state index contributed by atoms with van der Waals surface area (Å²) in [5.74, 6) is 0.702. The minimum atomic E-state index is -0.786. The highest BCUT2D eigenvalue weighted by atomic mass is 16.5. The predicted molar refractivity (Wildman–Crippen MR) is 89.1 cm³/mol. The van der Waals surface area contributed by atoms with Crippen molar-refractivity contribution in [2.24, 2.45) is 5.73 Å². The molecule has 1 saturated carbocycles. The van der Waals surface area contributed by atoms with Gasteiger partial charge in [-0.05, 0) is 19.4 Å². The van der Waals surface area contributed by atoms with Gasteiger partial charge in [-0.3, -0.25) is 4.79 Å². The third-order valence-corrected chi connectivity index (χ3v) is 4.81. The lowest BCUT2D eigenvalue weighted by Gasteiger charge is -2.43. The zero-order valence-electron chi connectivity index (χ0n) is 13.9. The summed E-state index contributed by atoms with van der Waals surface area (Å²) in [4.78, 5) is 12.6. The maximum absolute atomic E-state index is 12.6. The highest BCUT2D eigenvalue weighted by Crippen LogP contribution is 2.36. The third-order valence-electron chi connectivity index (χ3n) is 4.81. The zero-order valence-corrected chi connectivity index (χ0v) is 13.9. The molecular weight excluding hydrogens is 292 g/mol. The summed E-state index contributed by atoms with van der Waals surface area (Å²) in [5, 5.41) is 4.14. The Morgan fingerprint density at radius 2 is 2.17 bits per heavy atom. The summed E-state index contributed by atoms with van der Waals surface area (Å²) in [6.07, 6.45) is 1.97. The van der Waals surface area contributed by atoms with E-state index < -0.39 is 5.60 Å². The van der Waals surface area contributed by atoms with Crippen LogP contribution in [0, 0.1) is 0 Å². The average molecular weight is 316 g/mol. The topological polar surface area (TPSA) is 77.5 Å². The van der Waals surface area contributed by atoms with E-state index in [-0.39, 0.29) is 18.0 Å². The number of amides is 1. The van der Waals surface area contributed by atoms with Crippen molar-refractivity contribution in [3.8, 4) is 0 Å². The Balaban J connectivity index is 1.83. The molecule has 23 heavy (non-hydrogen) atoms. The van der Waals surface area contributed by atoms with E-state index in [9.17, 15) is 4.79 Å². The average Bonchev–Trinajstić information content (AvgIpc) is 2.90. The molecule has 1 amide bonds. The van der Waals surface area contributed by atoms with Crippen LogP contribution in [0.4, 0.5) is 0 Å². The second kappa shape index (κ2) is 5.98. The molecular formula is C18H24N2O3. The van der Waals surface area contributed by atoms with Gasteiger partial charge in [0.25, 0.3) is 5.91 Å². The quantitative estimate of drug-likeness (QED) is 0.889. The number of benzene rings is 1. The molecule has 5 nitrogen and oxygen atoms in total. The Kier molecular flexibility index (Phi) is 4.17. The fourth-order valence-electron chi connectivity index (χ4n) is 3.46. The lowest BCUT2D eigenvalue weighted by Crippen LogP contribution is -2.61. The van der Waals surface area contributed by atoms with Gasteiger partial charge in [0.05, 0.1) is 6.04 Å². The smallest absolute Gasteiger partial charge is 0.252 e. The first kappa shape index (κ1) is 16.0. The van der Waals surface area contributed by atoms with E-state index in [1.54, 1.807) is 7.11 Å². The fraction of sp³-hybridized carbons (Fsp3) is 0.500. The number of hydrogen-bond donors (Lipinski definition) is 2. The molecule has 1 heterocycles. The number of hydrogen-bond acceptors (Lipinski definition) is 4. The van der Waals surface area contributed by atoms with Gasteiger partial charge in [-0.25, -0.2) is 0 Å². The van der Waals surface area contributed by atoms with Crippen LogP contribution in [0.1, 0.15) is 44.1 Å². The van der Waals surface area contributed by atoms with Gasteiger partial charge in [0.15, 0.2) is 0 Å². The fourth-order valence-corrected chi connectivity index (χ4v) is 3.46. The molecule has 124 valence electrons. The summed E-state index contributed by atoms with van der Waals surface area (Å²) in [6, 6.07) is 7.78. The number of furan rings is 1. The number of aryl methyl sites for hydroxylation is 1. The summed E-state index contributed by atoms with van der Waals surface area (Å²) >= 11 is 0. The Labute approximate surface area is 136 Å². The van der Waals surface area contributed by atoms with Gasteiger partial charge in [0.2, 0.25) is 0 Å². The second-order valence-electron chi connectivity index (χ2n) is 6.36. The molecule has 5 heteroatoms. The molecule has 0 spiro atoms. The molecule has 2 aromatic rings. The number of ether oxygens (including phenoxy) is 1. The van der Waals surface area contributed by atoms with Gasteiger partial charge in [0, 0.05) is 36.9 Å². The lowest BCUT2D eigenvalue weighted by atomic mass is 9.75. The second-order valence-corrected chi connectivity index (χ2v) is 6.36. The normalized spacial score (nSPS) is 25.1. The molecule has 3 rings (SSSR count). The molecule has 0 bridgehead atoms. The van der Waals surface area contributed by atoms with Crippen LogP contribution in [-0.2, 0) is 16.0 Å². The van der Waals surface area contributed by atoms with Crippen molar-refractivity contribution in [1.29, 1.82) is 0 Å². The number of methoxy groups -OCH3 is 1. The van der Waals surface area contributed by atoms with Crippen molar-refractivity contribution < 1.29 is 13.9 Å². The van der Waals surface area contributed by atoms with Crippen LogP contribution < -0.4 is 11.1 Å². The van der Waals surface area contributed by atoms with Crippen LogP contribution >= 0.6 is 0 Å².